The maximum Gasteiger partial charge on any atom is 0.410 e. The summed E-state index contributed by atoms with van der Waals surface area (Å²) in [4.78, 5) is 14.0. The predicted molar refractivity (Wildman–Crippen MR) is 117 cm³/mol. The van der Waals surface area contributed by atoms with Crippen LogP contribution in [0.2, 0.25) is 0 Å². The number of allylic oxidation sites excluding steroid dienone is 1. The van der Waals surface area contributed by atoms with Gasteiger partial charge in [-0.1, -0.05) is 0 Å². The van der Waals surface area contributed by atoms with Crippen LogP contribution in [0, 0.1) is 17.2 Å². The summed E-state index contributed by atoms with van der Waals surface area (Å²) in [5.74, 6) is 0.749. The number of nitrogens with zero attached hydrogens (tertiary/aromatic N) is 5. The monoisotopic (exact) mass is 424 g/mol. The van der Waals surface area contributed by atoms with E-state index in [1.165, 1.54) is 0 Å². The minimum Gasteiger partial charge on any atom is -0.444 e. The first-order chi connectivity index (χ1) is 14.8. The Hall–Kier alpha value is -3.61. The fraction of sp³-hybridized carbons (Fsp3) is 0.476. The molecule has 3 N–H and O–H groups in total. The first-order valence-corrected chi connectivity index (χ1v) is 10.3. The number of nitriles is 1. The van der Waals surface area contributed by atoms with Gasteiger partial charge in [-0.05, 0) is 69.0 Å². The maximum absolute atomic E-state index is 12.2. The van der Waals surface area contributed by atoms with Gasteiger partial charge in [-0.3, -0.25) is 0 Å². The highest BCUT2D eigenvalue weighted by Crippen LogP contribution is 2.21. The normalized spacial score (nSPS) is 15.3. The molecule has 164 valence electrons. The number of benzene rings is 1. The van der Waals surface area contributed by atoms with Gasteiger partial charge in [-0.15, -0.1) is 10.2 Å². The van der Waals surface area contributed by atoms with Crippen molar-refractivity contribution in [2.45, 2.75) is 39.2 Å². The average Bonchev–Trinajstić information content (AvgIpc) is 3.27. The molecule has 1 amide bonds. The van der Waals surface area contributed by atoms with E-state index in [2.05, 4.69) is 31.3 Å². The van der Waals surface area contributed by atoms with Crippen LogP contribution in [0.15, 0.2) is 30.5 Å². The minimum absolute atomic E-state index is 0.227. The molecule has 1 aromatic carbocycles. The van der Waals surface area contributed by atoms with E-state index in [0.717, 1.165) is 43.9 Å². The van der Waals surface area contributed by atoms with Crippen LogP contribution < -0.4 is 10.6 Å². The average molecular weight is 425 g/mol. The first kappa shape index (κ1) is 22.1. The first-order valence-electron chi connectivity index (χ1n) is 10.3. The number of H-pyrrole nitrogens is 1. The van der Waals surface area contributed by atoms with E-state index in [9.17, 15) is 10.1 Å². The molecule has 0 radical (unpaired) electrons. The fourth-order valence-corrected chi connectivity index (χ4v) is 3.17. The van der Waals surface area contributed by atoms with Crippen molar-refractivity contribution < 1.29 is 9.53 Å². The fourth-order valence-electron chi connectivity index (χ4n) is 3.17. The van der Waals surface area contributed by atoms with Crippen molar-refractivity contribution in [1.29, 1.82) is 5.26 Å². The van der Waals surface area contributed by atoms with Gasteiger partial charge in [0.2, 0.25) is 5.82 Å². The SMILES string of the molecule is CC(C)(C)OC(=O)N1CCC(CNc2ccc(NC=C(C#N)c3nn[nH]n3)cc2)CC1. The Morgan fingerprint density at radius 1 is 1.29 bits per heavy atom. The number of rotatable bonds is 6. The number of likely N-dealkylation sites (tertiary alicyclic amines) is 1. The number of carbonyl (C=O) groups is 1. The molecule has 31 heavy (non-hydrogen) atoms. The molecule has 1 aliphatic rings. The number of hydrogen-bond acceptors (Lipinski definition) is 8. The molecule has 1 aliphatic heterocycles. The number of carbonyl (C=O) groups excluding carboxylic acids is 1. The van der Waals surface area contributed by atoms with Crippen molar-refractivity contribution >= 4 is 23.0 Å². The highest BCUT2D eigenvalue weighted by atomic mass is 16.6. The summed E-state index contributed by atoms with van der Waals surface area (Å²) in [5.41, 5.74) is 1.68. The molecule has 2 heterocycles. The molecule has 0 saturated carbocycles. The van der Waals surface area contributed by atoms with Crippen molar-refractivity contribution in [2.75, 3.05) is 30.3 Å². The second-order valence-electron chi connectivity index (χ2n) is 8.42. The highest BCUT2D eigenvalue weighted by molar-refractivity contribution is 5.74. The van der Waals surface area contributed by atoms with E-state index < -0.39 is 5.60 Å². The van der Waals surface area contributed by atoms with Gasteiger partial charge in [0, 0.05) is 37.2 Å². The van der Waals surface area contributed by atoms with E-state index in [4.69, 9.17) is 4.74 Å². The minimum atomic E-state index is -0.463. The summed E-state index contributed by atoms with van der Waals surface area (Å²) in [6, 6.07) is 9.84. The van der Waals surface area contributed by atoms with Gasteiger partial charge < -0.3 is 20.3 Å². The van der Waals surface area contributed by atoms with Gasteiger partial charge in [-0.25, -0.2) is 4.79 Å². The van der Waals surface area contributed by atoms with E-state index in [1.54, 1.807) is 11.1 Å². The second kappa shape index (κ2) is 9.93. The van der Waals surface area contributed by atoms with Gasteiger partial charge in [0.05, 0.1) is 0 Å². The largest absolute Gasteiger partial charge is 0.444 e. The van der Waals surface area contributed by atoms with Gasteiger partial charge in [0.25, 0.3) is 0 Å². The molecule has 2 aromatic rings. The lowest BCUT2D eigenvalue weighted by molar-refractivity contribution is 0.0188. The van der Waals surface area contributed by atoms with Crippen LogP contribution in [0.4, 0.5) is 16.2 Å². The number of ether oxygens (including phenoxy) is 1. The van der Waals surface area contributed by atoms with Crippen LogP contribution in [0.3, 0.4) is 0 Å². The molecule has 3 rings (SSSR count). The van der Waals surface area contributed by atoms with Crippen LogP contribution >= 0.6 is 0 Å². The molecule has 0 atom stereocenters. The lowest BCUT2D eigenvalue weighted by Gasteiger charge is -2.33. The lowest BCUT2D eigenvalue weighted by Crippen LogP contribution is -2.42. The van der Waals surface area contributed by atoms with Gasteiger partial charge >= 0.3 is 6.09 Å². The number of aromatic amines is 1. The van der Waals surface area contributed by atoms with E-state index in [-0.39, 0.29) is 17.5 Å². The Balaban J connectivity index is 1.43. The summed E-state index contributed by atoms with van der Waals surface area (Å²) in [6.07, 6.45) is 3.22. The number of hydrogen-bond donors (Lipinski definition) is 3. The number of tetrazole rings is 1. The molecule has 0 bridgehead atoms. The third-order valence-electron chi connectivity index (χ3n) is 4.84. The van der Waals surface area contributed by atoms with Gasteiger partial charge in [0.1, 0.15) is 17.2 Å². The number of aromatic nitrogens is 4. The van der Waals surface area contributed by atoms with Crippen LogP contribution in [-0.4, -0.2) is 56.9 Å². The van der Waals surface area contributed by atoms with Crippen LogP contribution in [0.25, 0.3) is 5.57 Å². The maximum atomic E-state index is 12.2. The van der Waals surface area contributed by atoms with Crippen LogP contribution in [0.1, 0.15) is 39.4 Å². The van der Waals surface area contributed by atoms with Crippen molar-refractivity contribution in [3.63, 3.8) is 0 Å². The highest BCUT2D eigenvalue weighted by Gasteiger charge is 2.26. The molecule has 0 unspecified atom stereocenters. The van der Waals surface area contributed by atoms with E-state index in [0.29, 0.717) is 5.92 Å². The van der Waals surface area contributed by atoms with Crippen molar-refractivity contribution in [1.82, 2.24) is 25.5 Å². The molecule has 10 heteroatoms. The van der Waals surface area contributed by atoms with Crippen molar-refractivity contribution in [2.24, 2.45) is 5.92 Å². The lowest BCUT2D eigenvalue weighted by atomic mass is 9.97. The smallest absolute Gasteiger partial charge is 0.410 e. The van der Waals surface area contributed by atoms with Crippen LogP contribution in [0.5, 0.6) is 0 Å². The Labute approximate surface area is 181 Å². The summed E-state index contributed by atoms with van der Waals surface area (Å²) < 4.78 is 5.45. The Bertz CT molecular complexity index is 918. The molecule has 0 aliphatic carbocycles. The third kappa shape index (κ3) is 6.70. The van der Waals surface area contributed by atoms with Crippen LogP contribution in [-0.2, 0) is 4.74 Å². The predicted octanol–water partition coefficient (Wildman–Crippen LogP) is 3.24. The molecule has 1 saturated heterocycles. The number of anilines is 2. The molecular formula is C21H28N8O2. The molecule has 0 spiro atoms. The zero-order valence-corrected chi connectivity index (χ0v) is 18.1. The van der Waals surface area contributed by atoms with Gasteiger partial charge in [-0.2, -0.15) is 10.5 Å². The molecular weight excluding hydrogens is 396 g/mol. The van der Waals surface area contributed by atoms with Crippen molar-refractivity contribution in [3.05, 3.63) is 36.3 Å². The summed E-state index contributed by atoms with van der Waals surface area (Å²) in [6.45, 7) is 7.94. The Kier molecular flexibility index (Phi) is 7.07. The molecule has 1 aromatic heterocycles. The quantitative estimate of drug-likeness (QED) is 0.602. The molecule has 10 nitrogen and oxygen atoms in total. The Morgan fingerprint density at radius 2 is 1.97 bits per heavy atom. The summed E-state index contributed by atoms with van der Waals surface area (Å²) >= 11 is 0. The number of amides is 1. The van der Waals surface area contributed by atoms with Crippen molar-refractivity contribution in [3.8, 4) is 6.07 Å². The zero-order valence-electron chi connectivity index (χ0n) is 18.1. The molecule has 1 fully saturated rings. The summed E-state index contributed by atoms with van der Waals surface area (Å²) in [7, 11) is 0. The zero-order chi connectivity index (χ0) is 22.3. The number of nitrogens with one attached hydrogen (secondary N) is 3. The second-order valence-corrected chi connectivity index (χ2v) is 8.42. The third-order valence-corrected chi connectivity index (χ3v) is 4.84. The topological polar surface area (TPSA) is 132 Å². The number of piperidine rings is 1. The Morgan fingerprint density at radius 3 is 2.55 bits per heavy atom. The van der Waals surface area contributed by atoms with Gasteiger partial charge in [0.15, 0.2) is 0 Å². The standard InChI is InChI=1S/C21H28N8O2/c1-21(2,3)31-20(30)29-10-8-15(9-11-29)13-23-17-4-6-18(7-5-17)24-14-16(12-22)19-25-27-28-26-19/h4-7,14-15,23-24H,8-11,13H2,1-3H3,(H,25,26,27,28). The van der Waals surface area contributed by atoms with E-state index >= 15 is 0 Å². The summed E-state index contributed by atoms with van der Waals surface area (Å²) in [5, 5.41) is 29.1. The van der Waals surface area contributed by atoms with E-state index in [1.807, 2.05) is 51.1 Å².